The first-order valence-corrected chi connectivity index (χ1v) is 12.7. The van der Waals surface area contributed by atoms with Gasteiger partial charge in [-0.3, -0.25) is 9.69 Å². The molecule has 1 aromatic rings. The van der Waals surface area contributed by atoms with Crippen LogP contribution in [0.3, 0.4) is 0 Å². The van der Waals surface area contributed by atoms with Crippen molar-refractivity contribution in [1.82, 2.24) is 15.1 Å². The summed E-state index contributed by atoms with van der Waals surface area (Å²) < 4.78 is 10.4. The molecule has 9 heteroatoms. The van der Waals surface area contributed by atoms with Gasteiger partial charge in [0.05, 0.1) is 12.1 Å². The van der Waals surface area contributed by atoms with Crippen LogP contribution in [0.5, 0.6) is 0 Å². The third kappa shape index (κ3) is 12.6. The maximum Gasteiger partial charge on any atom is 0.411 e. The Morgan fingerprint density at radius 1 is 1.05 bits per heavy atom. The molecule has 1 unspecified atom stereocenters. The largest absolute Gasteiger partial charge is 0.444 e. The lowest BCUT2D eigenvalue weighted by Gasteiger charge is -2.41. The first kappa shape index (κ1) is 32.4. The van der Waals surface area contributed by atoms with Crippen molar-refractivity contribution >= 4 is 24.4 Å². The quantitative estimate of drug-likeness (QED) is 0.381. The second-order valence-electron chi connectivity index (χ2n) is 11.0. The zero-order chi connectivity index (χ0) is 28.9. The number of piperazine rings is 1. The highest BCUT2D eigenvalue weighted by molar-refractivity contribution is 5.84. The third-order valence-corrected chi connectivity index (χ3v) is 5.10. The second-order valence-corrected chi connectivity index (χ2v) is 11.0. The van der Waals surface area contributed by atoms with E-state index in [1.165, 1.54) is 4.90 Å². The van der Waals surface area contributed by atoms with Crippen molar-refractivity contribution in [2.24, 2.45) is 0 Å². The van der Waals surface area contributed by atoms with Crippen LogP contribution in [0, 0.1) is 0 Å². The van der Waals surface area contributed by atoms with Crippen LogP contribution < -0.4 is 5.32 Å². The Morgan fingerprint density at radius 2 is 1.66 bits per heavy atom. The zero-order valence-corrected chi connectivity index (χ0v) is 23.6. The number of ether oxygens (including phenoxy) is 2. The lowest BCUT2D eigenvalue weighted by atomic mass is 10.1. The van der Waals surface area contributed by atoms with Crippen molar-refractivity contribution in [3.05, 3.63) is 61.2 Å². The average molecular weight is 530 g/mol. The molecular formula is C29H43N3O6. The normalized spacial score (nSPS) is 16.4. The van der Waals surface area contributed by atoms with Crippen molar-refractivity contribution in [3.8, 4) is 0 Å². The molecule has 1 aromatic carbocycles. The molecule has 2 rings (SSSR count). The van der Waals surface area contributed by atoms with E-state index in [0.717, 1.165) is 5.56 Å². The van der Waals surface area contributed by atoms with Gasteiger partial charge in [0.25, 0.3) is 0 Å². The van der Waals surface area contributed by atoms with Gasteiger partial charge in [0, 0.05) is 13.1 Å². The number of amides is 3. The number of nitrogens with one attached hydrogen (secondary N) is 1. The maximum atomic E-state index is 12.5. The Balaban J connectivity index is 0.000000442. The minimum absolute atomic E-state index is 0.0419. The average Bonchev–Trinajstić information content (AvgIpc) is 2.79. The molecule has 1 N–H and O–H groups in total. The van der Waals surface area contributed by atoms with Crippen molar-refractivity contribution in [2.75, 3.05) is 13.1 Å². The molecule has 2 atom stereocenters. The lowest BCUT2D eigenvalue weighted by molar-refractivity contribution is -0.138. The van der Waals surface area contributed by atoms with E-state index in [9.17, 15) is 19.2 Å². The van der Waals surface area contributed by atoms with Crippen LogP contribution in [-0.2, 0) is 25.6 Å². The SMILES string of the molecule is C=CCC(C=O)NC(=O)OC(C)(C)C.C=CC[C@H]1CN(Cc2ccccc2)C(=O)CN1C(=O)OC(C)(C)C. The highest BCUT2D eigenvalue weighted by Crippen LogP contribution is 2.20. The lowest BCUT2D eigenvalue weighted by Crippen LogP contribution is -2.58. The van der Waals surface area contributed by atoms with Gasteiger partial charge in [-0.2, -0.15) is 0 Å². The molecule has 1 saturated heterocycles. The van der Waals surface area contributed by atoms with Gasteiger partial charge in [-0.05, 0) is 59.9 Å². The Morgan fingerprint density at radius 3 is 2.16 bits per heavy atom. The van der Waals surface area contributed by atoms with Gasteiger partial charge >= 0.3 is 12.2 Å². The van der Waals surface area contributed by atoms with Gasteiger partial charge in [-0.25, -0.2) is 9.59 Å². The van der Waals surface area contributed by atoms with Gasteiger partial charge in [-0.15, -0.1) is 13.2 Å². The van der Waals surface area contributed by atoms with Crippen molar-refractivity contribution in [1.29, 1.82) is 0 Å². The number of hydrogen-bond acceptors (Lipinski definition) is 6. The van der Waals surface area contributed by atoms with Gasteiger partial charge < -0.3 is 24.5 Å². The fourth-order valence-electron chi connectivity index (χ4n) is 3.50. The van der Waals surface area contributed by atoms with Crippen LogP contribution in [0.4, 0.5) is 9.59 Å². The van der Waals surface area contributed by atoms with Crippen LogP contribution in [0.2, 0.25) is 0 Å². The van der Waals surface area contributed by atoms with Gasteiger partial charge in [0.2, 0.25) is 5.91 Å². The smallest absolute Gasteiger partial charge is 0.411 e. The molecule has 3 amide bonds. The van der Waals surface area contributed by atoms with E-state index in [1.807, 2.05) is 51.1 Å². The zero-order valence-electron chi connectivity index (χ0n) is 23.6. The molecule has 0 radical (unpaired) electrons. The fourth-order valence-corrected chi connectivity index (χ4v) is 3.50. The number of nitrogens with zero attached hydrogens (tertiary/aromatic N) is 2. The monoisotopic (exact) mass is 529 g/mol. The second kappa shape index (κ2) is 15.0. The van der Waals surface area contributed by atoms with Crippen LogP contribution in [0.25, 0.3) is 0 Å². The molecule has 0 spiro atoms. The summed E-state index contributed by atoms with van der Waals surface area (Å²) in [7, 11) is 0. The minimum Gasteiger partial charge on any atom is -0.444 e. The Labute approximate surface area is 226 Å². The van der Waals surface area contributed by atoms with Crippen LogP contribution >= 0.6 is 0 Å². The maximum absolute atomic E-state index is 12.5. The summed E-state index contributed by atoms with van der Waals surface area (Å²) in [6, 6.07) is 9.19. The highest BCUT2D eigenvalue weighted by atomic mass is 16.6. The summed E-state index contributed by atoms with van der Waals surface area (Å²) in [5.41, 5.74) is -0.0555. The van der Waals surface area contributed by atoms with E-state index in [0.29, 0.717) is 32.2 Å². The summed E-state index contributed by atoms with van der Waals surface area (Å²) in [5.74, 6) is -0.0648. The van der Waals surface area contributed by atoms with Crippen molar-refractivity contribution in [3.63, 3.8) is 0 Å². The summed E-state index contributed by atoms with van der Waals surface area (Å²) in [6.45, 7) is 19.1. The summed E-state index contributed by atoms with van der Waals surface area (Å²) in [5, 5.41) is 2.42. The van der Waals surface area contributed by atoms with Crippen LogP contribution in [0.1, 0.15) is 59.9 Å². The Hall–Kier alpha value is -3.62. The first-order chi connectivity index (χ1) is 17.7. The molecule has 38 heavy (non-hydrogen) atoms. The highest BCUT2D eigenvalue weighted by Gasteiger charge is 2.36. The number of carbonyl (C=O) groups excluding carboxylic acids is 4. The minimum atomic E-state index is -0.587. The predicted molar refractivity (Wildman–Crippen MR) is 147 cm³/mol. The topological polar surface area (TPSA) is 105 Å². The summed E-state index contributed by atoms with van der Waals surface area (Å²) >= 11 is 0. The first-order valence-electron chi connectivity index (χ1n) is 12.7. The van der Waals surface area contributed by atoms with Crippen molar-refractivity contribution in [2.45, 2.75) is 84.2 Å². The van der Waals surface area contributed by atoms with E-state index < -0.39 is 29.4 Å². The van der Waals surface area contributed by atoms with Gasteiger partial charge in [-0.1, -0.05) is 42.5 Å². The molecule has 210 valence electrons. The standard InChI is InChI=1S/C19H26N2O3.C10H17NO3/c1-5-9-16-13-20(12-15-10-7-6-8-11-15)17(22)14-21(16)18(23)24-19(2,3)4;1-5-6-8(7-12)11-9(13)14-10(2,3)4/h5-8,10-11,16H,1,9,12-14H2,2-4H3;5,7-8H,1,6H2,2-4H3,(H,11,13)/t16-;/m0./s1. The Kier molecular flexibility index (Phi) is 12.8. The molecule has 1 fully saturated rings. The number of carbonyl (C=O) groups is 4. The number of aldehydes is 1. The van der Waals surface area contributed by atoms with Gasteiger partial charge in [0.1, 0.15) is 24.0 Å². The van der Waals surface area contributed by atoms with E-state index in [2.05, 4.69) is 18.5 Å². The number of benzene rings is 1. The fraction of sp³-hybridized carbons (Fsp3) is 0.517. The molecule has 9 nitrogen and oxygen atoms in total. The third-order valence-electron chi connectivity index (χ3n) is 5.10. The molecule has 0 bridgehead atoms. The molecule has 1 aliphatic heterocycles. The molecular weight excluding hydrogens is 486 g/mol. The molecule has 0 saturated carbocycles. The summed E-state index contributed by atoms with van der Waals surface area (Å²) in [6.07, 6.45) is 4.00. The van der Waals surface area contributed by atoms with Crippen LogP contribution in [-0.4, -0.2) is 70.6 Å². The molecule has 1 heterocycles. The number of rotatable bonds is 8. The van der Waals surface area contributed by atoms with E-state index in [4.69, 9.17) is 9.47 Å². The van der Waals surface area contributed by atoms with E-state index >= 15 is 0 Å². The van der Waals surface area contributed by atoms with Crippen LogP contribution in [0.15, 0.2) is 55.6 Å². The number of hydrogen-bond donors (Lipinski definition) is 1. The molecule has 1 aliphatic rings. The predicted octanol–water partition coefficient (Wildman–Crippen LogP) is 4.87. The van der Waals surface area contributed by atoms with Gasteiger partial charge in [0.15, 0.2) is 0 Å². The summed E-state index contributed by atoms with van der Waals surface area (Å²) in [4.78, 5) is 49.9. The Bertz CT molecular complexity index is 949. The number of alkyl carbamates (subject to hydrolysis) is 1. The van der Waals surface area contributed by atoms with Crippen molar-refractivity contribution < 1.29 is 28.7 Å². The van der Waals surface area contributed by atoms with E-state index in [-0.39, 0.29) is 18.5 Å². The molecule has 0 aromatic heterocycles. The van der Waals surface area contributed by atoms with E-state index in [1.54, 1.807) is 37.8 Å². The molecule has 0 aliphatic carbocycles.